The number of likely N-dealkylation sites (N-methyl/N-ethyl adjacent to an activating group) is 1. The Morgan fingerprint density at radius 2 is 2.14 bits per heavy atom. The fourth-order valence-corrected chi connectivity index (χ4v) is 2.99. The third kappa shape index (κ3) is 3.65. The van der Waals surface area contributed by atoms with Gasteiger partial charge in [0.1, 0.15) is 6.07 Å². The Labute approximate surface area is 131 Å². The van der Waals surface area contributed by atoms with Crippen molar-refractivity contribution in [1.82, 2.24) is 4.90 Å². The van der Waals surface area contributed by atoms with Crippen LogP contribution in [-0.4, -0.2) is 55.1 Å². The lowest BCUT2D eigenvalue weighted by molar-refractivity contribution is 0.101. The Hall–Kier alpha value is -1.90. The van der Waals surface area contributed by atoms with Crippen LogP contribution in [0.15, 0.2) is 18.2 Å². The highest BCUT2D eigenvalue weighted by Gasteiger charge is 2.24. The standard InChI is InChI=1S/C17H23N3O2/c1-13(22)14-3-4-15(12-18)17(11-14)20-7-5-16(6-8-20)19(2)9-10-21/h3-4,11,16,21H,5-10H2,1-2H3. The van der Waals surface area contributed by atoms with E-state index in [1.54, 1.807) is 19.1 Å². The number of nitriles is 1. The Morgan fingerprint density at radius 1 is 1.45 bits per heavy atom. The second-order valence-electron chi connectivity index (χ2n) is 5.82. The van der Waals surface area contributed by atoms with Gasteiger partial charge in [0, 0.05) is 31.2 Å². The molecule has 2 rings (SSSR count). The molecule has 0 spiro atoms. The van der Waals surface area contributed by atoms with Crippen molar-refractivity contribution in [1.29, 1.82) is 5.26 Å². The number of anilines is 1. The zero-order valence-corrected chi connectivity index (χ0v) is 13.2. The van der Waals surface area contributed by atoms with Crippen molar-refractivity contribution in [2.24, 2.45) is 0 Å². The van der Waals surface area contributed by atoms with E-state index in [1.165, 1.54) is 0 Å². The fraction of sp³-hybridized carbons (Fsp3) is 0.529. The van der Waals surface area contributed by atoms with E-state index in [-0.39, 0.29) is 12.4 Å². The highest BCUT2D eigenvalue weighted by molar-refractivity contribution is 5.95. The largest absolute Gasteiger partial charge is 0.395 e. The number of aliphatic hydroxyl groups excluding tert-OH is 1. The monoisotopic (exact) mass is 301 g/mol. The van der Waals surface area contributed by atoms with E-state index in [4.69, 9.17) is 5.11 Å². The number of ketones is 1. The van der Waals surface area contributed by atoms with Crippen LogP contribution < -0.4 is 4.90 Å². The number of piperidine rings is 1. The molecule has 118 valence electrons. The van der Waals surface area contributed by atoms with Crippen LogP contribution in [0.4, 0.5) is 5.69 Å². The summed E-state index contributed by atoms with van der Waals surface area (Å²) in [5.41, 5.74) is 2.12. The lowest BCUT2D eigenvalue weighted by Crippen LogP contribution is -2.44. The molecule has 0 aliphatic carbocycles. The zero-order valence-electron chi connectivity index (χ0n) is 13.2. The van der Waals surface area contributed by atoms with Crippen LogP contribution >= 0.6 is 0 Å². The van der Waals surface area contributed by atoms with Crippen molar-refractivity contribution in [2.75, 3.05) is 38.2 Å². The minimum absolute atomic E-state index is 0.0169. The summed E-state index contributed by atoms with van der Waals surface area (Å²) >= 11 is 0. The average Bonchev–Trinajstić information content (AvgIpc) is 2.54. The van der Waals surface area contributed by atoms with Crippen LogP contribution in [-0.2, 0) is 0 Å². The molecule has 1 aliphatic rings. The molecule has 0 radical (unpaired) electrons. The van der Waals surface area contributed by atoms with Crippen molar-refractivity contribution in [3.8, 4) is 6.07 Å². The van der Waals surface area contributed by atoms with E-state index in [9.17, 15) is 10.1 Å². The molecule has 0 bridgehead atoms. The average molecular weight is 301 g/mol. The van der Waals surface area contributed by atoms with Crippen molar-refractivity contribution in [3.05, 3.63) is 29.3 Å². The Kier molecular flexibility index (Phi) is 5.53. The number of Topliss-reactive ketones (excluding diaryl/α,β-unsaturated/α-hetero) is 1. The van der Waals surface area contributed by atoms with Gasteiger partial charge in [0.05, 0.1) is 17.9 Å². The smallest absolute Gasteiger partial charge is 0.159 e. The summed E-state index contributed by atoms with van der Waals surface area (Å²) in [6.07, 6.45) is 1.98. The minimum atomic E-state index is 0.0169. The first-order chi connectivity index (χ1) is 10.6. The number of nitrogens with zero attached hydrogens (tertiary/aromatic N) is 3. The highest BCUT2D eigenvalue weighted by atomic mass is 16.3. The first kappa shape index (κ1) is 16.5. The van der Waals surface area contributed by atoms with Crippen LogP contribution in [0.2, 0.25) is 0 Å². The molecule has 0 atom stereocenters. The molecule has 0 saturated carbocycles. The van der Waals surface area contributed by atoms with E-state index in [1.807, 2.05) is 13.1 Å². The van der Waals surface area contributed by atoms with E-state index in [0.29, 0.717) is 23.7 Å². The maximum Gasteiger partial charge on any atom is 0.159 e. The quantitative estimate of drug-likeness (QED) is 0.838. The summed E-state index contributed by atoms with van der Waals surface area (Å²) in [6.45, 7) is 4.12. The van der Waals surface area contributed by atoms with Crippen molar-refractivity contribution in [2.45, 2.75) is 25.8 Å². The maximum absolute atomic E-state index is 11.6. The van der Waals surface area contributed by atoms with Crippen molar-refractivity contribution >= 4 is 11.5 Å². The summed E-state index contributed by atoms with van der Waals surface area (Å²) in [7, 11) is 2.04. The first-order valence-electron chi connectivity index (χ1n) is 7.68. The second-order valence-corrected chi connectivity index (χ2v) is 5.82. The van der Waals surface area contributed by atoms with Crippen LogP contribution in [0, 0.1) is 11.3 Å². The Balaban J connectivity index is 2.12. The number of hydrogen-bond donors (Lipinski definition) is 1. The third-order valence-corrected chi connectivity index (χ3v) is 4.41. The summed E-state index contributed by atoms with van der Waals surface area (Å²) in [6, 6.07) is 7.96. The molecule has 1 aliphatic heterocycles. The van der Waals surface area contributed by atoms with E-state index >= 15 is 0 Å². The molecule has 22 heavy (non-hydrogen) atoms. The van der Waals surface area contributed by atoms with Gasteiger partial charge in [-0.25, -0.2) is 0 Å². The summed E-state index contributed by atoms with van der Waals surface area (Å²) < 4.78 is 0. The summed E-state index contributed by atoms with van der Waals surface area (Å²) in [5, 5.41) is 18.3. The first-order valence-corrected chi connectivity index (χ1v) is 7.68. The number of benzene rings is 1. The zero-order chi connectivity index (χ0) is 16.1. The normalized spacial score (nSPS) is 15.9. The van der Waals surface area contributed by atoms with Gasteiger partial charge in [0.2, 0.25) is 0 Å². The lowest BCUT2D eigenvalue weighted by Gasteiger charge is -2.38. The number of carbonyl (C=O) groups excluding carboxylic acids is 1. The van der Waals surface area contributed by atoms with Crippen molar-refractivity contribution < 1.29 is 9.90 Å². The topological polar surface area (TPSA) is 67.6 Å². The maximum atomic E-state index is 11.6. The van der Waals surface area contributed by atoms with Gasteiger partial charge in [0.25, 0.3) is 0 Å². The van der Waals surface area contributed by atoms with Gasteiger partial charge in [0.15, 0.2) is 5.78 Å². The minimum Gasteiger partial charge on any atom is -0.395 e. The summed E-state index contributed by atoms with van der Waals surface area (Å²) in [5.74, 6) is 0.0169. The predicted octanol–water partition coefficient (Wildman–Crippen LogP) is 1.65. The van der Waals surface area contributed by atoms with Gasteiger partial charge in [-0.05, 0) is 45.0 Å². The molecule has 1 fully saturated rings. The van der Waals surface area contributed by atoms with E-state index in [2.05, 4.69) is 15.9 Å². The molecule has 1 aromatic carbocycles. The van der Waals surface area contributed by atoms with Gasteiger partial charge in [-0.3, -0.25) is 4.79 Å². The number of carbonyl (C=O) groups is 1. The van der Waals surface area contributed by atoms with Crippen LogP contribution in [0.1, 0.15) is 35.7 Å². The van der Waals surface area contributed by atoms with Gasteiger partial charge >= 0.3 is 0 Å². The van der Waals surface area contributed by atoms with Crippen molar-refractivity contribution in [3.63, 3.8) is 0 Å². The molecule has 1 heterocycles. The third-order valence-electron chi connectivity index (χ3n) is 4.41. The van der Waals surface area contributed by atoms with Gasteiger partial charge in [-0.15, -0.1) is 0 Å². The SMILES string of the molecule is CC(=O)c1ccc(C#N)c(N2CCC(N(C)CCO)CC2)c1. The number of aliphatic hydroxyl groups is 1. The Bertz CT molecular complexity index is 572. The van der Waals surface area contributed by atoms with Crippen LogP contribution in [0.3, 0.4) is 0 Å². The highest BCUT2D eigenvalue weighted by Crippen LogP contribution is 2.26. The lowest BCUT2D eigenvalue weighted by atomic mass is 10.0. The molecule has 0 unspecified atom stereocenters. The van der Waals surface area contributed by atoms with Crippen LogP contribution in [0.5, 0.6) is 0 Å². The van der Waals surface area contributed by atoms with E-state index in [0.717, 1.165) is 31.6 Å². The molecular weight excluding hydrogens is 278 g/mol. The van der Waals surface area contributed by atoms with Gasteiger partial charge in [-0.2, -0.15) is 5.26 Å². The Morgan fingerprint density at radius 3 is 2.68 bits per heavy atom. The molecule has 1 N–H and O–H groups in total. The summed E-state index contributed by atoms with van der Waals surface area (Å²) in [4.78, 5) is 15.9. The number of hydrogen-bond acceptors (Lipinski definition) is 5. The number of rotatable bonds is 5. The molecule has 5 heteroatoms. The van der Waals surface area contributed by atoms with Crippen LogP contribution in [0.25, 0.3) is 0 Å². The van der Waals surface area contributed by atoms with E-state index < -0.39 is 0 Å². The molecule has 1 saturated heterocycles. The second kappa shape index (κ2) is 7.39. The van der Waals surface area contributed by atoms with Gasteiger partial charge in [-0.1, -0.05) is 0 Å². The molecule has 0 aromatic heterocycles. The molecule has 0 amide bonds. The molecule has 1 aromatic rings. The predicted molar refractivity (Wildman–Crippen MR) is 86.1 cm³/mol. The van der Waals surface area contributed by atoms with Gasteiger partial charge < -0.3 is 14.9 Å². The molecular formula is C17H23N3O2. The molecule has 5 nitrogen and oxygen atoms in total. The fourth-order valence-electron chi connectivity index (χ4n) is 2.99.